The van der Waals surface area contributed by atoms with Gasteiger partial charge in [-0.3, -0.25) is 4.90 Å². The number of hydrogen-bond acceptors (Lipinski definition) is 3. The van der Waals surface area contributed by atoms with E-state index >= 15 is 0 Å². The third-order valence-electron chi connectivity index (χ3n) is 4.33. The van der Waals surface area contributed by atoms with Crippen molar-refractivity contribution in [2.75, 3.05) is 26.2 Å². The fourth-order valence-electron chi connectivity index (χ4n) is 3.28. The van der Waals surface area contributed by atoms with E-state index in [0.29, 0.717) is 6.04 Å². The maximum Gasteiger partial charge on any atom is 0.0234 e. The van der Waals surface area contributed by atoms with Gasteiger partial charge in [0.25, 0.3) is 0 Å². The molecule has 1 aromatic rings. The average Bonchev–Trinajstić information content (AvgIpc) is 2.88. The molecule has 2 aliphatic heterocycles. The van der Waals surface area contributed by atoms with Gasteiger partial charge in [0.05, 0.1) is 0 Å². The van der Waals surface area contributed by atoms with Gasteiger partial charge in [0, 0.05) is 31.7 Å². The summed E-state index contributed by atoms with van der Waals surface area (Å²) < 4.78 is 0. The molecule has 2 N–H and O–H groups in total. The Morgan fingerprint density at radius 1 is 1.05 bits per heavy atom. The number of hydrogen-bond donors (Lipinski definition) is 2. The summed E-state index contributed by atoms with van der Waals surface area (Å²) in [5.41, 5.74) is 1.44. The normalized spacial score (nSPS) is 25.8. The van der Waals surface area contributed by atoms with Crippen LogP contribution in [0.15, 0.2) is 30.3 Å². The van der Waals surface area contributed by atoms with E-state index in [1.165, 1.54) is 51.0 Å². The standard InChI is InChI=1S/C16H25N3/c1-2-4-14(5-3-1)12-19-11-8-16(13-19)18-15-6-9-17-10-7-15/h1-5,15-18H,6-13H2. The van der Waals surface area contributed by atoms with E-state index < -0.39 is 0 Å². The molecule has 0 saturated carbocycles. The minimum absolute atomic E-state index is 0.701. The summed E-state index contributed by atoms with van der Waals surface area (Å²) in [7, 11) is 0. The van der Waals surface area contributed by atoms with Gasteiger partial charge in [-0.15, -0.1) is 0 Å². The van der Waals surface area contributed by atoms with E-state index in [1.54, 1.807) is 0 Å². The van der Waals surface area contributed by atoms with Crippen LogP contribution in [0, 0.1) is 0 Å². The van der Waals surface area contributed by atoms with E-state index in [1.807, 2.05) is 0 Å². The zero-order chi connectivity index (χ0) is 12.9. The van der Waals surface area contributed by atoms with Crippen molar-refractivity contribution >= 4 is 0 Å². The van der Waals surface area contributed by atoms with Crippen LogP contribution in [-0.4, -0.2) is 43.2 Å². The molecule has 0 aliphatic carbocycles. The SMILES string of the molecule is c1ccc(CN2CCC(NC3CCNCC3)C2)cc1. The number of piperidine rings is 1. The molecule has 104 valence electrons. The highest BCUT2D eigenvalue weighted by Crippen LogP contribution is 2.15. The van der Waals surface area contributed by atoms with Gasteiger partial charge >= 0.3 is 0 Å². The molecular formula is C16H25N3. The van der Waals surface area contributed by atoms with Gasteiger partial charge in [-0.05, 0) is 37.9 Å². The quantitative estimate of drug-likeness (QED) is 0.860. The molecule has 1 atom stereocenters. The molecule has 1 unspecified atom stereocenters. The van der Waals surface area contributed by atoms with E-state index in [2.05, 4.69) is 45.9 Å². The number of rotatable bonds is 4. The monoisotopic (exact) mass is 259 g/mol. The highest BCUT2D eigenvalue weighted by Gasteiger charge is 2.25. The predicted octanol–water partition coefficient (Wildman–Crippen LogP) is 1.60. The number of nitrogens with zero attached hydrogens (tertiary/aromatic N) is 1. The molecule has 3 rings (SSSR count). The molecule has 3 nitrogen and oxygen atoms in total. The van der Waals surface area contributed by atoms with E-state index in [9.17, 15) is 0 Å². The lowest BCUT2D eigenvalue weighted by Crippen LogP contribution is -2.45. The first-order valence-electron chi connectivity index (χ1n) is 7.63. The molecule has 0 radical (unpaired) electrons. The second kappa shape index (κ2) is 6.51. The zero-order valence-corrected chi connectivity index (χ0v) is 11.6. The molecule has 0 spiro atoms. The lowest BCUT2D eigenvalue weighted by atomic mass is 10.1. The zero-order valence-electron chi connectivity index (χ0n) is 11.6. The van der Waals surface area contributed by atoms with Crippen molar-refractivity contribution in [1.82, 2.24) is 15.5 Å². The van der Waals surface area contributed by atoms with E-state index in [4.69, 9.17) is 0 Å². The minimum atomic E-state index is 0.701. The van der Waals surface area contributed by atoms with Gasteiger partial charge in [-0.25, -0.2) is 0 Å². The molecule has 2 saturated heterocycles. The van der Waals surface area contributed by atoms with Crippen LogP contribution in [0.2, 0.25) is 0 Å². The van der Waals surface area contributed by atoms with Crippen molar-refractivity contribution in [2.24, 2.45) is 0 Å². The van der Waals surface area contributed by atoms with Crippen LogP contribution in [0.3, 0.4) is 0 Å². The van der Waals surface area contributed by atoms with Gasteiger partial charge in [-0.1, -0.05) is 30.3 Å². The summed E-state index contributed by atoms with van der Waals surface area (Å²) in [5, 5.41) is 7.28. The molecule has 19 heavy (non-hydrogen) atoms. The second-order valence-corrected chi connectivity index (χ2v) is 5.90. The number of likely N-dealkylation sites (tertiary alicyclic amines) is 1. The van der Waals surface area contributed by atoms with Gasteiger partial charge in [0.2, 0.25) is 0 Å². The highest BCUT2D eigenvalue weighted by atomic mass is 15.2. The molecule has 2 fully saturated rings. The van der Waals surface area contributed by atoms with Crippen LogP contribution in [0.5, 0.6) is 0 Å². The highest BCUT2D eigenvalue weighted by molar-refractivity contribution is 5.14. The smallest absolute Gasteiger partial charge is 0.0234 e. The van der Waals surface area contributed by atoms with Crippen molar-refractivity contribution in [3.63, 3.8) is 0 Å². The van der Waals surface area contributed by atoms with Crippen molar-refractivity contribution in [2.45, 2.75) is 37.9 Å². The summed E-state index contributed by atoms with van der Waals surface area (Å²) in [6.07, 6.45) is 3.88. The van der Waals surface area contributed by atoms with Gasteiger partial charge < -0.3 is 10.6 Å². The Kier molecular flexibility index (Phi) is 4.49. The fourth-order valence-corrected chi connectivity index (χ4v) is 3.28. The lowest BCUT2D eigenvalue weighted by molar-refractivity contribution is 0.302. The molecular weight excluding hydrogens is 234 g/mol. The predicted molar refractivity (Wildman–Crippen MR) is 79.2 cm³/mol. The Morgan fingerprint density at radius 2 is 1.84 bits per heavy atom. The van der Waals surface area contributed by atoms with Crippen LogP contribution < -0.4 is 10.6 Å². The summed E-state index contributed by atoms with van der Waals surface area (Å²) in [6.45, 7) is 5.90. The summed E-state index contributed by atoms with van der Waals surface area (Å²) >= 11 is 0. The van der Waals surface area contributed by atoms with E-state index in [-0.39, 0.29) is 0 Å². The molecule has 3 heteroatoms. The van der Waals surface area contributed by atoms with Crippen LogP contribution in [0.25, 0.3) is 0 Å². The van der Waals surface area contributed by atoms with Crippen molar-refractivity contribution in [3.05, 3.63) is 35.9 Å². The Labute approximate surface area is 116 Å². The average molecular weight is 259 g/mol. The maximum absolute atomic E-state index is 3.85. The van der Waals surface area contributed by atoms with Crippen LogP contribution in [-0.2, 0) is 6.54 Å². The van der Waals surface area contributed by atoms with E-state index in [0.717, 1.165) is 12.6 Å². The third kappa shape index (κ3) is 3.78. The lowest BCUT2D eigenvalue weighted by Gasteiger charge is -2.27. The van der Waals surface area contributed by atoms with Crippen molar-refractivity contribution in [1.29, 1.82) is 0 Å². The first kappa shape index (κ1) is 13.1. The van der Waals surface area contributed by atoms with Crippen LogP contribution in [0.4, 0.5) is 0 Å². The van der Waals surface area contributed by atoms with Crippen LogP contribution >= 0.6 is 0 Å². The first-order valence-corrected chi connectivity index (χ1v) is 7.63. The maximum atomic E-state index is 3.85. The Balaban J connectivity index is 1.44. The van der Waals surface area contributed by atoms with Crippen molar-refractivity contribution in [3.8, 4) is 0 Å². The second-order valence-electron chi connectivity index (χ2n) is 5.90. The van der Waals surface area contributed by atoms with Gasteiger partial charge in [0.15, 0.2) is 0 Å². The molecule has 2 heterocycles. The fraction of sp³-hybridized carbons (Fsp3) is 0.625. The minimum Gasteiger partial charge on any atom is -0.317 e. The summed E-state index contributed by atoms with van der Waals surface area (Å²) in [6, 6.07) is 12.3. The Morgan fingerprint density at radius 3 is 2.63 bits per heavy atom. The van der Waals surface area contributed by atoms with Crippen LogP contribution in [0.1, 0.15) is 24.8 Å². The molecule has 0 amide bonds. The topological polar surface area (TPSA) is 27.3 Å². The molecule has 2 aliphatic rings. The molecule has 1 aromatic carbocycles. The summed E-state index contributed by atoms with van der Waals surface area (Å²) in [5.74, 6) is 0. The van der Waals surface area contributed by atoms with Crippen molar-refractivity contribution < 1.29 is 0 Å². The largest absolute Gasteiger partial charge is 0.317 e. The Bertz CT molecular complexity index is 373. The van der Waals surface area contributed by atoms with Gasteiger partial charge in [-0.2, -0.15) is 0 Å². The van der Waals surface area contributed by atoms with Gasteiger partial charge in [0.1, 0.15) is 0 Å². The molecule has 0 aromatic heterocycles. The Hall–Kier alpha value is -0.900. The number of benzene rings is 1. The third-order valence-corrected chi connectivity index (χ3v) is 4.33. The molecule has 0 bridgehead atoms. The summed E-state index contributed by atoms with van der Waals surface area (Å²) in [4.78, 5) is 2.58. The number of nitrogens with one attached hydrogen (secondary N) is 2. The first-order chi connectivity index (χ1) is 9.40.